The molecular formula is C18H22N2O5S. The van der Waals surface area contributed by atoms with Crippen LogP contribution in [0.15, 0.2) is 53.4 Å². The number of aliphatic hydroxyl groups excluding tert-OH is 1. The molecule has 0 radical (unpaired) electrons. The Labute approximate surface area is 153 Å². The fourth-order valence-electron chi connectivity index (χ4n) is 2.61. The zero-order valence-corrected chi connectivity index (χ0v) is 15.3. The summed E-state index contributed by atoms with van der Waals surface area (Å²) in [7, 11) is -3.93. The monoisotopic (exact) mass is 378 g/mol. The molecule has 0 spiro atoms. The van der Waals surface area contributed by atoms with Gasteiger partial charge in [0.15, 0.2) is 6.35 Å². The molecule has 2 aromatic carbocycles. The van der Waals surface area contributed by atoms with Crippen molar-refractivity contribution in [3.8, 4) is 11.5 Å². The number of rotatable bonds is 7. The molecule has 0 amide bonds. The third-order valence-corrected chi connectivity index (χ3v) is 5.20. The van der Waals surface area contributed by atoms with Gasteiger partial charge in [0, 0.05) is 18.8 Å². The predicted molar refractivity (Wildman–Crippen MR) is 97.8 cm³/mol. The van der Waals surface area contributed by atoms with Gasteiger partial charge in [-0.25, -0.2) is 0 Å². The second kappa shape index (κ2) is 7.94. The molecule has 26 heavy (non-hydrogen) atoms. The van der Waals surface area contributed by atoms with Crippen LogP contribution in [0.1, 0.15) is 13.3 Å². The lowest BCUT2D eigenvalue weighted by molar-refractivity contribution is 0.163. The highest BCUT2D eigenvalue weighted by Crippen LogP contribution is 2.24. The Morgan fingerprint density at radius 2 is 1.77 bits per heavy atom. The smallest absolute Gasteiger partial charge is 0.339 e. The minimum atomic E-state index is -3.93. The van der Waals surface area contributed by atoms with E-state index in [2.05, 4.69) is 5.32 Å². The lowest BCUT2D eigenvalue weighted by Crippen LogP contribution is -2.35. The van der Waals surface area contributed by atoms with E-state index in [4.69, 9.17) is 8.92 Å². The highest BCUT2D eigenvalue weighted by Gasteiger charge is 2.23. The van der Waals surface area contributed by atoms with Crippen molar-refractivity contribution >= 4 is 15.8 Å². The summed E-state index contributed by atoms with van der Waals surface area (Å²) in [6, 6.07) is 12.7. The van der Waals surface area contributed by atoms with Crippen molar-refractivity contribution in [2.24, 2.45) is 0 Å². The Bertz CT molecular complexity index is 822. The van der Waals surface area contributed by atoms with E-state index < -0.39 is 16.5 Å². The Balaban J connectivity index is 1.69. The summed E-state index contributed by atoms with van der Waals surface area (Å²) in [6.45, 7) is 3.93. The van der Waals surface area contributed by atoms with Gasteiger partial charge in [0.1, 0.15) is 16.4 Å². The van der Waals surface area contributed by atoms with Crippen molar-refractivity contribution in [2.45, 2.75) is 24.6 Å². The molecule has 1 fully saturated rings. The van der Waals surface area contributed by atoms with Gasteiger partial charge in [0.25, 0.3) is 0 Å². The van der Waals surface area contributed by atoms with Gasteiger partial charge >= 0.3 is 10.1 Å². The minimum Gasteiger partial charge on any atom is -0.494 e. The van der Waals surface area contributed by atoms with Crippen LogP contribution in [0, 0.1) is 0 Å². The van der Waals surface area contributed by atoms with Crippen molar-refractivity contribution in [3.63, 3.8) is 0 Å². The quantitative estimate of drug-likeness (QED) is 0.712. The van der Waals surface area contributed by atoms with Crippen LogP contribution in [0.25, 0.3) is 0 Å². The average Bonchev–Trinajstić information content (AvgIpc) is 3.07. The molecule has 2 aromatic rings. The van der Waals surface area contributed by atoms with Crippen LogP contribution < -0.4 is 19.1 Å². The molecule has 1 saturated heterocycles. The van der Waals surface area contributed by atoms with Gasteiger partial charge in [0.05, 0.1) is 6.61 Å². The van der Waals surface area contributed by atoms with Crippen molar-refractivity contribution in [1.29, 1.82) is 0 Å². The largest absolute Gasteiger partial charge is 0.494 e. The molecule has 8 heteroatoms. The number of nitrogens with zero attached hydrogens (tertiary/aromatic N) is 1. The molecule has 1 heterocycles. The van der Waals surface area contributed by atoms with Crippen molar-refractivity contribution in [2.75, 3.05) is 24.6 Å². The minimum absolute atomic E-state index is 0.0502. The first-order chi connectivity index (χ1) is 12.5. The maximum atomic E-state index is 12.4. The van der Waals surface area contributed by atoms with Crippen molar-refractivity contribution in [3.05, 3.63) is 48.5 Å². The third-order valence-electron chi connectivity index (χ3n) is 3.93. The average molecular weight is 378 g/mol. The number of anilines is 1. The number of nitrogens with one attached hydrogen (secondary N) is 1. The van der Waals surface area contributed by atoms with E-state index in [-0.39, 0.29) is 10.6 Å². The van der Waals surface area contributed by atoms with Gasteiger partial charge in [0.2, 0.25) is 0 Å². The van der Waals surface area contributed by atoms with Crippen LogP contribution in [0.4, 0.5) is 5.69 Å². The second-order valence-corrected chi connectivity index (χ2v) is 7.42. The molecule has 0 aliphatic carbocycles. The van der Waals surface area contributed by atoms with Crippen molar-refractivity contribution in [1.82, 2.24) is 5.32 Å². The molecule has 140 valence electrons. The summed E-state index contributed by atoms with van der Waals surface area (Å²) < 4.78 is 35.5. The molecule has 1 unspecified atom stereocenters. The van der Waals surface area contributed by atoms with Gasteiger partial charge in [-0.2, -0.15) is 8.42 Å². The van der Waals surface area contributed by atoms with Gasteiger partial charge in [-0.3, -0.25) is 5.32 Å². The molecule has 1 aliphatic heterocycles. The molecule has 0 bridgehead atoms. The second-order valence-electron chi connectivity index (χ2n) is 5.87. The zero-order valence-electron chi connectivity index (χ0n) is 14.5. The lowest BCUT2D eigenvalue weighted by atomic mass is 10.3. The van der Waals surface area contributed by atoms with Crippen LogP contribution in [0.3, 0.4) is 0 Å². The van der Waals surface area contributed by atoms with E-state index in [0.717, 1.165) is 12.1 Å². The van der Waals surface area contributed by atoms with Gasteiger partial charge in [-0.05, 0) is 55.0 Å². The lowest BCUT2D eigenvalue weighted by Gasteiger charge is -2.21. The fourth-order valence-corrected chi connectivity index (χ4v) is 3.54. The number of benzene rings is 2. The van der Waals surface area contributed by atoms with E-state index in [0.29, 0.717) is 25.4 Å². The third kappa shape index (κ3) is 4.27. The zero-order chi connectivity index (χ0) is 18.6. The number of hydrogen-bond acceptors (Lipinski definition) is 7. The molecule has 3 rings (SSSR count). The van der Waals surface area contributed by atoms with Crippen LogP contribution in [-0.4, -0.2) is 39.6 Å². The first-order valence-corrected chi connectivity index (χ1v) is 9.86. The van der Waals surface area contributed by atoms with Gasteiger partial charge < -0.3 is 18.9 Å². The summed E-state index contributed by atoms with van der Waals surface area (Å²) in [5, 5.41) is 12.7. The summed E-state index contributed by atoms with van der Waals surface area (Å²) in [6.07, 6.45) is 0.134. The Kier molecular flexibility index (Phi) is 5.65. The van der Waals surface area contributed by atoms with E-state index in [1.165, 1.54) is 12.1 Å². The van der Waals surface area contributed by atoms with Crippen molar-refractivity contribution < 1.29 is 22.4 Å². The van der Waals surface area contributed by atoms with Crippen LogP contribution in [0.2, 0.25) is 0 Å². The highest BCUT2D eigenvalue weighted by atomic mass is 32.2. The molecule has 7 nitrogen and oxygen atoms in total. The first kappa shape index (κ1) is 18.5. The molecule has 1 aliphatic rings. The Morgan fingerprint density at radius 1 is 1.12 bits per heavy atom. The summed E-state index contributed by atoms with van der Waals surface area (Å²) >= 11 is 0. The molecule has 2 N–H and O–H groups in total. The first-order valence-electron chi connectivity index (χ1n) is 8.45. The summed E-state index contributed by atoms with van der Waals surface area (Å²) in [5.74, 6) is 0.885. The van der Waals surface area contributed by atoms with E-state index >= 15 is 0 Å². The Morgan fingerprint density at radius 3 is 2.35 bits per heavy atom. The summed E-state index contributed by atoms with van der Waals surface area (Å²) in [5.41, 5.74) is 0.735. The van der Waals surface area contributed by atoms with Crippen LogP contribution in [0.5, 0.6) is 11.5 Å². The van der Waals surface area contributed by atoms with Gasteiger partial charge in [-0.1, -0.05) is 6.92 Å². The molecular weight excluding hydrogens is 356 g/mol. The number of aliphatic hydroxyl groups is 1. The number of hydrogen-bond donors (Lipinski definition) is 2. The maximum Gasteiger partial charge on any atom is 0.339 e. The van der Waals surface area contributed by atoms with Crippen LogP contribution >= 0.6 is 0 Å². The van der Waals surface area contributed by atoms with E-state index in [1.54, 1.807) is 41.3 Å². The van der Waals surface area contributed by atoms with Gasteiger partial charge in [-0.15, -0.1) is 0 Å². The normalized spacial score (nSPS) is 17.3. The standard InChI is InChI=1S/C18H22N2O5S/c1-2-13-24-15-5-7-16(8-6-15)25-26(22,23)17-9-3-14(4-10-17)20-12-11-19-18(20)21/h3-10,18-19,21H,2,11-13H2,1H3. The molecule has 0 aromatic heterocycles. The van der Waals surface area contributed by atoms with Crippen LogP contribution in [-0.2, 0) is 10.1 Å². The number of ether oxygens (including phenoxy) is 1. The summed E-state index contributed by atoms with van der Waals surface area (Å²) in [4.78, 5) is 1.79. The Hall–Kier alpha value is -2.29. The van der Waals surface area contributed by atoms with E-state index in [9.17, 15) is 13.5 Å². The predicted octanol–water partition coefficient (Wildman–Crippen LogP) is 1.93. The maximum absolute atomic E-state index is 12.4. The highest BCUT2D eigenvalue weighted by molar-refractivity contribution is 7.87. The molecule has 0 saturated carbocycles. The topological polar surface area (TPSA) is 88.1 Å². The SMILES string of the molecule is CCCOc1ccc(OS(=O)(=O)c2ccc(N3CCNC3O)cc2)cc1. The molecule has 1 atom stereocenters. The van der Waals surface area contributed by atoms with E-state index in [1.807, 2.05) is 6.92 Å². The fraction of sp³-hybridized carbons (Fsp3) is 0.333.